The van der Waals surface area contributed by atoms with E-state index in [-0.39, 0.29) is 0 Å². The zero-order valence-electron chi connectivity index (χ0n) is 9.33. The quantitative estimate of drug-likeness (QED) is 0.887. The van der Waals surface area contributed by atoms with Crippen molar-refractivity contribution in [1.29, 1.82) is 0 Å². The number of nitrogens with zero attached hydrogens (tertiary/aromatic N) is 1. The van der Waals surface area contributed by atoms with Crippen LogP contribution in [0, 0.1) is 6.92 Å². The van der Waals surface area contributed by atoms with Crippen LogP contribution >= 0.6 is 11.6 Å². The third-order valence-corrected chi connectivity index (χ3v) is 2.96. The molecule has 0 saturated carbocycles. The predicted molar refractivity (Wildman–Crippen MR) is 68.9 cm³/mol. The number of fused-ring (bicyclic) bond motifs is 1. The molecule has 0 saturated heterocycles. The van der Waals surface area contributed by atoms with Crippen molar-refractivity contribution in [3.63, 3.8) is 0 Å². The molecule has 1 heterocycles. The number of nitrogens with two attached hydrogens (primary N) is 1. The normalized spacial score (nSPS) is 10.9. The van der Waals surface area contributed by atoms with E-state index >= 15 is 0 Å². The maximum Gasteiger partial charge on any atom is 0.0752 e. The smallest absolute Gasteiger partial charge is 0.0752 e. The van der Waals surface area contributed by atoms with Gasteiger partial charge in [-0.1, -0.05) is 29.8 Å². The van der Waals surface area contributed by atoms with Gasteiger partial charge in [0.15, 0.2) is 0 Å². The van der Waals surface area contributed by atoms with Crippen LogP contribution in [0.4, 0.5) is 0 Å². The van der Waals surface area contributed by atoms with Crippen molar-refractivity contribution in [2.45, 2.75) is 19.8 Å². The molecular formula is C13H15ClN2. The molecule has 0 fully saturated rings. The second kappa shape index (κ2) is 4.81. The lowest BCUT2D eigenvalue weighted by Gasteiger charge is -2.07. The molecule has 2 aromatic rings. The molecule has 16 heavy (non-hydrogen) atoms. The standard InChI is InChI=1S/C13H15ClN2/c1-9-8-12(14)11-6-2-4-10(5-3-7-15)13(11)16-9/h2,4,6,8H,3,5,7,15H2,1H3. The molecule has 2 rings (SSSR count). The Labute approximate surface area is 100 Å². The van der Waals surface area contributed by atoms with Gasteiger partial charge in [-0.05, 0) is 37.9 Å². The molecule has 0 aliphatic rings. The summed E-state index contributed by atoms with van der Waals surface area (Å²) < 4.78 is 0. The summed E-state index contributed by atoms with van der Waals surface area (Å²) >= 11 is 6.20. The number of aromatic nitrogens is 1. The van der Waals surface area contributed by atoms with Gasteiger partial charge in [0.25, 0.3) is 0 Å². The number of pyridine rings is 1. The van der Waals surface area contributed by atoms with Gasteiger partial charge in [0.05, 0.1) is 10.5 Å². The average molecular weight is 235 g/mol. The highest BCUT2D eigenvalue weighted by Crippen LogP contribution is 2.25. The van der Waals surface area contributed by atoms with Crippen LogP contribution in [0.3, 0.4) is 0 Å². The minimum atomic E-state index is 0.704. The minimum absolute atomic E-state index is 0.704. The number of benzene rings is 1. The molecule has 0 atom stereocenters. The third-order valence-electron chi connectivity index (χ3n) is 2.65. The van der Waals surface area contributed by atoms with Crippen molar-refractivity contribution < 1.29 is 0 Å². The van der Waals surface area contributed by atoms with Crippen LogP contribution in [0.1, 0.15) is 17.7 Å². The van der Waals surface area contributed by atoms with Crippen LogP contribution in [-0.4, -0.2) is 11.5 Å². The molecule has 0 unspecified atom stereocenters. The van der Waals surface area contributed by atoms with E-state index in [1.54, 1.807) is 0 Å². The van der Waals surface area contributed by atoms with E-state index in [0.717, 1.165) is 34.5 Å². The van der Waals surface area contributed by atoms with Gasteiger partial charge in [0.2, 0.25) is 0 Å². The lowest BCUT2D eigenvalue weighted by molar-refractivity contribution is 0.835. The van der Waals surface area contributed by atoms with Crippen LogP contribution in [0.15, 0.2) is 24.3 Å². The molecule has 3 heteroatoms. The topological polar surface area (TPSA) is 38.9 Å². The maximum absolute atomic E-state index is 6.20. The molecule has 0 bridgehead atoms. The summed E-state index contributed by atoms with van der Waals surface area (Å²) in [7, 11) is 0. The first-order valence-electron chi connectivity index (χ1n) is 5.47. The molecule has 2 nitrogen and oxygen atoms in total. The average Bonchev–Trinajstić information content (AvgIpc) is 2.26. The van der Waals surface area contributed by atoms with Crippen molar-refractivity contribution in [2.24, 2.45) is 5.73 Å². The van der Waals surface area contributed by atoms with E-state index in [0.29, 0.717) is 6.54 Å². The first kappa shape index (κ1) is 11.4. The SMILES string of the molecule is Cc1cc(Cl)c2cccc(CCCN)c2n1. The number of halogens is 1. The Hall–Kier alpha value is -1.12. The summed E-state index contributed by atoms with van der Waals surface area (Å²) in [6.07, 6.45) is 1.94. The second-order valence-corrected chi connectivity index (χ2v) is 4.36. The Morgan fingerprint density at radius 1 is 1.38 bits per heavy atom. The monoisotopic (exact) mass is 234 g/mol. The van der Waals surface area contributed by atoms with E-state index in [9.17, 15) is 0 Å². The first-order valence-corrected chi connectivity index (χ1v) is 5.85. The molecule has 1 aromatic carbocycles. The van der Waals surface area contributed by atoms with Crippen LogP contribution in [0.2, 0.25) is 5.02 Å². The molecule has 0 radical (unpaired) electrons. The summed E-state index contributed by atoms with van der Waals surface area (Å²) in [5, 5.41) is 1.80. The van der Waals surface area contributed by atoms with Crippen molar-refractivity contribution in [3.8, 4) is 0 Å². The van der Waals surface area contributed by atoms with Crippen LogP contribution in [0.25, 0.3) is 10.9 Å². The Morgan fingerprint density at radius 2 is 2.19 bits per heavy atom. The summed E-state index contributed by atoms with van der Waals surface area (Å²) in [4.78, 5) is 4.56. The van der Waals surface area contributed by atoms with E-state index in [1.807, 2.05) is 25.1 Å². The van der Waals surface area contributed by atoms with E-state index in [4.69, 9.17) is 17.3 Å². The van der Waals surface area contributed by atoms with Crippen molar-refractivity contribution >= 4 is 22.5 Å². The van der Waals surface area contributed by atoms with Crippen molar-refractivity contribution in [2.75, 3.05) is 6.54 Å². The summed E-state index contributed by atoms with van der Waals surface area (Å²) in [5.74, 6) is 0. The summed E-state index contributed by atoms with van der Waals surface area (Å²) in [5.41, 5.74) is 8.73. The summed E-state index contributed by atoms with van der Waals surface area (Å²) in [6.45, 7) is 2.67. The summed E-state index contributed by atoms with van der Waals surface area (Å²) in [6, 6.07) is 8.03. The lowest BCUT2D eigenvalue weighted by atomic mass is 10.0. The van der Waals surface area contributed by atoms with Crippen LogP contribution in [0.5, 0.6) is 0 Å². The predicted octanol–water partition coefficient (Wildman–Crippen LogP) is 3.09. The van der Waals surface area contributed by atoms with Gasteiger partial charge in [0.1, 0.15) is 0 Å². The first-order chi connectivity index (χ1) is 7.72. The lowest BCUT2D eigenvalue weighted by Crippen LogP contribution is -2.01. The molecular weight excluding hydrogens is 220 g/mol. The zero-order chi connectivity index (χ0) is 11.5. The van der Waals surface area contributed by atoms with Gasteiger partial charge in [-0.3, -0.25) is 4.98 Å². The molecule has 2 N–H and O–H groups in total. The van der Waals surface area contributed by atoms with Gasteiger partial charge in [-0.25, -0.2) is 0 Å². The zero-order valence-corrected chi connectivity index (χ0v) is 10.1. The largest absolute Gasteiger partial charge is 0.330 e. The molecule has 0 aliphatic carbocycles. The number of rotatable bonds is 3. The van der Waals surface area contributed by atoms with Gasteiger partial charge < -0.3 is 5.73 Å². The fourth-order valence-corrected chi connectivity index (χ4v) is 2.19. The highest BCUT2D eigenvalue weighted by molar-refractivity contribution is 6.35. The molecule has 0 spiro atoms. The van der Waals surface area contributed by atoms with Crippen LogP contribution < -0.4 is 5.73 Å². The Balaban J connectivity index is 2.57. The molecule has 0 aliphatic heterocycles. The third kappa shape index (κ3) is 2.18. The van der Waals surface area contributed by atoms with Gasteiger partial charge in [-0.15, -0.1) is 0 Å². The Bertz CT molecular complexity index is 509. The fraction of sp³-hybridized carbons (Fsp3) is 0.308. The molecule has 1 aromatic heterocycles. The van der Waals surface area contributed by atoms with E-state index in [1.165, 1.54) is 5.56 Å². The molecule has 84 valence electrons. The maximum atomic E-state index is 6.20. The number of para-hydroxylation sites is 1. The van der Waals surface area contributed by atoms with Gasteiger partial charge in [-0.2, -0.15) is 0 Å². The number of aryl methyl sites for hydroxylation is 2. The number of hydrogen-bond acceptors (Lipinski definition) is 2. The Morgan fingerprint density at radius 3 is 2.94 bits per heavy atom. The van der Waals surface area contributed by atoms with E-state index < -0.39 is 0 Å². The number of hydrogen-bond donors (Lipinski definition) is 1. The van der Waals surface area contributed by atoms with Crippen molar-refractivity contribution in [1.82, 2.24) is 4.98 Å². The highest BCUT2D eigenvalue weighted by Gasteiger charge is 2.06. The minimum Gasteiger partial charge on any atom is -0.330 e. The highest BCUT2D eigenvalue weighted by atomic mass is 35.5. The fourth-order valence-electron chi connectivity index (χ4n) is 1.88. The van der Waals surface area contributed by atoms with Gasteiger partial charge >= 0.3 is 0 Å². The van der Waals surface area contributed by atoms with Crippen molar-refractivity contribution in [3.05, 3.63) is 40.5 Å². The van der Waals surface area contributed by atoms with E-state index in [2.05, 4.69) is 11.1 Å². The molecule has 0 amide bonds. The van der Waals surface area contributed by atoms with Crippen LogP contribution in [-0.2, 0) is 6.42 Å². The second-order valence-electron chi connectivity index (χ2n) is 3.95. The Kier molecular flexibility index (Phi) is 3.42. The van der Waals surface area contributed by atoms with Gasteiger partial charge in [0, 0.05) is 11.1 Å².